The van der Waals surface area contributed by atoms with Crippen molar-refractivity contribution in [3.05, 3.63) is 29.0 Å². The van der Waals surface area contributed by atoms with Crippen LogP contribution in [0.5, 0.6) is 0 Å². The van der Waals surface area contributed by atoms with Gasteiger partial charge in [0.25, 0.3) is 5.91 Å². The summed E-state index contributed by atoms with van der Waals surface area (Å²) >= 11 is 5.60. The number of halogens is 4. The van der Waals surface area contributed by atoms with E-state index in [0.717, 1.165) is 4.90 Å². The van der Waals surface area contributed by atoms with Crippen LogP contribution in [0.25, 0.3) is 0 Å². The molecular formula is C11H12ClF3N2O. The fraction of sp³-hybridized carbons (Fsp3) is 0.455. The Kier molecular flexibility index (Phi) is 4.95. The second-order valence-electron chi connectivity index (χ2n) is 3.71. The van der Waals surface area contributed by atoms with Crippen molar-refractivity contribution in [2.45, 2.75) is 19.5 Å². The van der Waals surface area contributed by atoms with Gasteiger partial charge in [0, 0.05) is 18.3 Å². The number of hydrogen-bond acceptors (Lipinski definition) is 2. The minimum atomic E-state index is -4.42. The molecule has 0 aromatic carbocycles. The lowest BCUT2D eigenvalue weighted by atomic mass is 10.2. The summed E-state index contributed by atoms with van der Waals surface area (Å²) in [6.45, 7) is 0.480. The first-order chi connectivity index (χ1) is 8.33. The third-order valence-electron chi connectivity index (χ3n) is 2.12. The summed E-state index contributed by atoms with van der Waals surface area (Å²) in [5, 5.41) is 0.0734. The molecule has 0 saturated carbocycles. The van der Waals surface area contributed by atoms with Gasteiger partial charge in [-0.15, -0.1) is 0 Å². The van der Waals surface area contributed by atoms with Crippen LogP contribution in [-0.2, 0) is 0 Å². The molecule has 0 unspecified atom stereocenters. The van der Waals surface area contributed by atoms with Crippen LogP contribution in [0.3, 0.4) is 0 Å². The average molecular weight is 281 g/mol. The number of alkyl halides is 3. The largest absolute Gasteiger partial charge is 0.406 e. The molecule has 0 N–H and O–H groups in total. The summed E-state index contributed by atoms with van der Waals surface area (Å²) in [6, 6.07) is 2.59. The molecule has 18 heavy (non-hydrogen) atoms. The van der Waals surface area contributed by atoms with E-state index < -0.39 is 18.6 Å². The molecule has 0 aliphatic carbocycles. The standard InChI is InChI=1S/C11H12ClF3N2O/c1-2-5-17(7-11(13,14)15)10(18)8-3-4-16-9(12)6-8/h3-4,6H,2,5,7H2,1H3. The van der Waals surface area contributed by atoms with Gasteiger partial charge >= 0.3 is 6.18 Å². The van der Waals surface area contributed by atoms with Crippen molar-refractivity contribution >= 4 is 17.5 Å². The number of carbonyl (C=O) groups excluding carboxylic acids is 1. The van der Waals surface area contributed by atoms with Gasteiger partial charge in [-0.25, -0.2) is 4.98 Å². The molecule has 0 saturated heterocycles. The normalized spacial score (nSPS) is 11.4. The van der Waals surface area contributed by atoms with E-state index in [2.05, 4.69) is 4.98 Å². The summed E-state index contributed by atoms with van der Waals surface area (Å²) in [7, 11) is 0. The zero-order chi connectivity index (χ0) is 13.8. The number of rotatable bonds is 4. The van der Waals surface area contributed by atoms with Crippen molar-refractivity contribution in [1.82, 2.24) is 9.88 Å². The molecule has 0 aliphatic heterocycles. The fourth-order valence-electron chi connectivity index (χ4n) is 1.46. The van der Waals surface area contributed by atoms with E-state index in [1.54, 1.807) is 6.92 Å². The first-order valence-corrected chi connectivity index (χ1v) is 5.69. The minimum absolute atomic E-state index is 0.0400. The zero-order valence-electron chi connectivity index (χ0n) is 9.67. The van der Waals surface area contributed by atoms with Crippen LogP contribution in [0.4, 0.5) is 13.2 Å². The predicted octanol–water partition coefficient (Wildman–Crippen LogP) is 3.15. The molecule has 100 valence electrons. The summed E-state index contributed by atoms with van der Waals surface area (Å²) in [5.41, 5.74) is 0.104. The molecule has 0 aliphatic rings. The van der Waals surface area contributed by atoms with E-state index in [1.165, 1.54) is 18.3 Å². The van der Waals surface area contributed by atoms with E-state index in [1.807, 2.05) is 0 Å². The molecule has 1 aromatic heterocycles. The summed E-state index contributed by atoms with van der Waals surface area (Å²) < 4.78 is 37.1. The number of nitrogens with zero attached hydrogens (tertiary/aromatic N) is 2. The van der Waals surface area contributed by atoms with Gasteiger partial charge in [0.15, 0.2) is 0 Å². The Labute approximate surface area is 108 Å². The van der Waals surface area contributed by atoms with Gasteiger partial charge in [0.05, 0.1) is 0 Å². The number of hydrogen-bond donors (Lipinski definition) is 0. The van der Waals surface area contributed by atoms with Crippen LogP contribution in [0.2, 0.25) is 5.15 Å². The number of carbonyl (C=O) groups is 1. The molecule has 0 bridgehead atoms. The lowest BCUT2D eigenvalue weighted by Gasteiger charge is -2.23. The fourth-order valence-corrected chi connectivity index (χ4v) is 1.63. The highest BCUT2D eigenvalue weighted by Crippen LogP contribution is 2.19. The Balaban J connectivity index is 2.89. The van der Waals surface area contributed by atoms with E-state index >= 15 is 0 Å². The van der Waals surface area contributed by atoms with Gasteiger partial charge in [0.1, 0.15) is 11.7 Å². The minimum Gasteiger partial charge on any atom is -0.330 e. The van der Waals surface area contributed by atoms with Crippen LogP contribution in [0, 0.1) is 0 Å². The maximum absolute atomic E-state index is 12.4. The SMILES string of the molecule is CCCN(CC(F)(F)F)C(=O)c1ccnc(Cl)c1. The monoisotopic (exact) mass is 280 g/mol. The average Bonchev–Trinajstić information content (AvgIpc) is 2.26. The molecule has 1 rings (SSSR count). The van der Waals surface area contributed by atoms with Crippen molar-refractivity contribution in [2.24, 2.45) is 0 Å². The molecular weight excluding hydrogens is 269 g/mol. The molecule has 0 atom stereocenters. The Morgan fingerprint density at radius 1 is 1.50 bits per heavy atom. The smallest absolute Gasteiger partial charge is 0.330 e. The highest BCUT2D eigenvalue weighted by molar-refractivity contribution is 6.29. The van der Waals surface area contributed by atoms with Crippen molar-refractivity contribution in [3.8, 4) is 0 Å². The maximum atomic E-state index is 12.4. The van der Waals surface area contributed by atoms with Crippen LogP contribution < -0.4 is 0 Å². The number of pyridine rings is 1. The first-order valence-electron chi connectivity index (χ1n) is 5.31. The van der Waals surface area contributed by atoms with E-state index in [-0.39, 0.29) is 17.3 Å². The molecule has 0 radical (unpaired) electrons. The van der Waals surface area contributed by atoms with Crippen molar-refractivity contribution in [2.75, 3.05) is 13.1 Å². The van der Waals surface area contributed by atoms with E-state index in [9.17, 15) is 18.0 Å². The Morgan fingerprint density at radius 2 is 2.17 bits per heavy atom. The van der Waals surface area contributed by atoms with Gasteiger partial charge in [-0.3, -0.25) is 4.79 Å². The highest BCUT2D eigenvalue weighted by Gasteiger charge is 2.33. The Bertz CT molecular complexity index is 423. The molecule has 1 amide bonds. The number of amides is 1. The zero-order valence-corrected chi connectivity index (χ0v) is 10.4. The lowest BCUT2D eigenvalue weighted by molar-refractivity contribution is -0.140. The van der Waals surface area contributed by atoms with Gasteiger partial charge < -0.3 is 4.90 Å². The van der Waals surface area contributed by atoms with Gasteiger partial charge in [-0.05, 0) is 18.6 Å². The topological polar surface area (TPSA) is 33.2 Å². The number of aromatic nitrogens is 1. The van der Waals surface area contributed by atoms with Crippen LogP contribution >= 0.6 is 11.6 Å². The lowest BCUT2D eigenvalue weighted by Crippen LogP contribution is -2.39. The Hall–Kier alpha value is -1.30. The summed E-state index contributed by atoms with van der Waals surface area (Å²) in [4.78, 5) is 16.3. The van der Waals surface area contributed by atoms with Crippen molar-refractivity contribution in [1.29, 1.82) is 0 Å². The van der Waals surface area contributed by atoms with Crippen LogP contribution in [-0.4, -0.2) is 35.1 Å². The third kappa shape index (κ3) is 4.52. The van der Waals surface area contributed by atoms with Gasteiger partial charge in [0.2, 0.25) is 0 Å². The maximum Gasteiger partial charge on any atom is 0.406 e. The Morgan fingerprint density at radius 3 is 2.67 bits per heavy atom. The quantitative estimate of drug-likeness (QED) is 0.794. The predicted molar refractivity (Wildman–Crippen MR) is 61.5 cm³/mol. The molecule has 3 nitrogen and oxygen atoms in total. The summed E-state index contributed by atoms with van der Waals surface area (Å²) in [5.74, 6) is -0.696. The highest BCUT2D eigenvalue weighted by atomic mass is 35.5. The van der Waals surface area contributed by atoms with Crippen molar-refractivity contribution in [3.63, 3.8) is 0 Å². The van der Waals surface area contributed by atoms with E-state index in [0.29, 0.717) is 6.42 Å². The van der Waals surface area contributed by atoms with Gasteiger partial charge in [-0.2, -0.15) is 13.2 Å². The second-order valence-corrected chi connectivity index (χ2v) is 4.10. The molecule has 0 spiro atoms. The molecule has 7 heteroatoms. The van der Waals surface area contributed by atoms with Crippen LogP contribution in [0.15, 0.2) is 18.3 Å². The first kappa shape index (κ1) is 14.8. The van der Waals surface area contributed by atoms with Gasteiger partial charge in [-0.1, -0.05) is 18.5 Å². The van der Waals surface area contributed by atoms with Crippen molar-refractivity contribution < 1.29 is 18.0 Å². The van der Waals surface area contributed by atoms with E-state index in [4.69, 9.17) is 11.6 Å². The molecule has 1 aromatic rings. The second kappa shape index (κ2) is 6.04. The molecule has 0 fully saturated rings. The third-order valence-corrected chi connectivity index (χ3v) is 2.33. The molecule has 1 heterocycles. The summed E-state index contributed by atoms with van der Waals surface area (Å²) in [6.07, 6.45) is -2.68. The van der Waals surface area contributed by atoms with Crippen LogP contribution in [0.1, 0.15) is 23.7 Å².